The van der Waals surface area contributed by atoms with E-state index in [0.717, 1.165) is 16.3 Å². The molecular formula is C25H19N3O5S. The van der Waals surface area contributed by atoms with Gasteiger partial charge < -0.3 is 10.2 Å². The molecule has 0 unspecified atom stereocenters. The van der Waals surface area contributed by atoms with Gasteiger partial charge in [-0.3, -0.25) is 9.10 Å². The fraction of sp³-hybridized carbons (Fsp3) is 0.0400. The molecule has 0 radical (unpaired) electrons. The van der Waals surface area contributed by atoms with Crippen LogP contribution in [-0.4, -0.2) is 30.8 Å². The first kappa shape index (κ1) is 21.5. The highest BCUT2D eigenvalue weighted by Gasteiger charge is 2.35. The third-order valence-electron chi connectivity index (χ3n) is 5.60. The number of rotatable bonds is 5. The molecule has 0 aliphatic carbocycles. The van der Waals surface area contributed by atoms with Crippen LogP contribution < -0.4 is 9.73 Å². The van der Waals surface area contributed by atoms with E-state index < -0.39 is 15.9 Å². The van der Waals surface area contributed by atoms with E-state index >= 15 is 0 Å². The number of hydrogen-bond donors (Lipinski definition) is 3. The lowest BCUT2D eigenvalue weighted by atomic mass is 10.1. The van der Waals surface area contributed by atoms with E-state index in [1.54, 1.807) is 42.5 Å². The number of phenolic OH excluding ortho intramolecular Hbond substituents is 2. The number of anilines is 1. The number of nitrogens with zero attached hydrogens (tertiary/aromatic N) is 2. The van der Waals surface area contributed by atoms with Gasteiger partial charge in [-0.15, -0.1) is 0 Å². The molecule has 8 nitrogen and oxygen atoms in total. The summed E-state index contributed by atoms with van der Waals surface area (Å²) < 4.78 is 27.7. The molecule has 0 spiro atoms. The maximum atomic E-state index is 13.1. The number of hydrazone groups is 1. The number of phenols is 2. The van der Waals surface area contributed by atoms with Gasteiger partial charge in [0, 0.05) is 10.9 Å². The van der Waals surface area contributed by atoms with Crippen LogP contribution in [0.15, 0.2) is 88.9 Å². The Hall–Kier alpha value is -4.37. The Kier molecular flexibility index (Phi) is 5.18. The summed E-state index contributed by atoms with van der Waals surface area (Å²) in [5.74, 6) is -0.981. The van der Waals surface area contributed by atoms with Crippen molar-refractivity contribution in [3.05, 3.63) is 95.6 Å². The number of carbonyl (C=O) groups is 1. The standard InChI is InChI=1S/C25H19N3O5S/c29-21-12-9-17(13-22(21)30)14-26-27-25(31)19-10-7-16(8-11-19)15-28-20-5-1-3-18-4-2-6-23(24(18)20)34(28,32)33/h1-14,29-30H,15H2,(H,27,31). The third kappa shape index (κ3) is 3.71. The number of carbonyl (C=O) groups excluding carboxylic acids is 1. The van der Waals surface area contributed by atoms with Gasteiger partial charge >= 0.3 is 0 Å². The molecule has 170 valence electrons. The Bertz CT molecular complexity index is 1560. The van der Waals surface area contributed by atoms with Gasteiger partial charge in [-0.1, -0.05) is 36.4 Å². The van der Waals surface area contributed by atoms with Crippen molar-refractivity contribution in [2.24, 2.45) is 5.10 Å². The Balaban J connectivity index is 1.30. The van der Waals surface area contributed by atoms with Gasteiger partial charge in [0.2, 0.25) is 0 Å². The first-order valence-corrected chi connectivity index (χ1v) is 11.8. The topological polar surface area (TPSA) is 119 Å². The van der Waals surface area contributed by atoms with Crippen LogP contribution in [0.1, 0.15) is 21.5 Å². The van der Waals surface area contributed by atoms with Crippen LogP contribution >= 0.6 is 0 Å². The number of benzene rings is 4. The average molecular weight is 474 g/mol. The molecule has 1 aliphatic rings. The van der Waals surface area contributed by atoms with Gasteiger partial charge in [0.05, 0.1) is 23.3 Å². The fourth-order valence-corrected chi connectivity index (χ4v) is 5.61. The van der Waals surface area contributed by atoms with E-state index in [-0.39, 0.29) is 18.0 Å². The second-order valence-corrected chi connectivity index (χ2v) is 9.62. The largest absolute Gasteiger partial charge is 0.504 e. The van der Waals surface area contributed by atoms with Gasteiger partial charge in [0.1, 0.15) is 0 Å². The summed E-state index contributed by atoms with van der Waals surface area (Å²) in [4.78, 5) is 12.7. The van der Waals surface area contributed by atoms with Crippen molar-refractivity contribution in [3.63, 3.8) is 0 Å². The van der Waals surface area contributed by atoms with E-state index in [2.05, 4.69) is 10.5 Å². The highest BCUT2D eigenvalue weighted by molar-refractivity contribution is 7.93. The minimum atomic E-state index is -3.67. The summed E-state index contributed by atoms with van der Waals surface area (Å²) in [5, 5.41) is 24.3. The van der Waals surface area contributed by atoms with Crippen molar-refractivity contribution >= 4 is 38.6 Å². The molecule has 0 saturated heterocycles. The summed E-state index contributed by atoms with van der Waals surface area (Å²) >= 11 is 0. The average Bonchev–Trinajstić information content (AvgIpc) is 3.05. The quantitative estimate of drug-likeness (QED) is 0.232. The molecule has 34 heavy (non-hydrogen) atoms. The summed E-state index contributed by atoms with van der Waals surface area (Å²) in [6.07, 6.45) is 1.34. The lowest BCUT2D eigenvalue weighted by molar-refractivity contribution is 0.0955. The van der Waals surface area contributed by atoms with Gasteiger partial charge in [-0.25, -0.2) is 13.8 Å². The Labute approximate surface area is 195 Å². The van der Waals surface area contributed by atoms with Crippen molar-refractivity contribution in [1.29, 1.82) is 0 Å². The fourth-order valence-electron chi connectivity index (χ4n) is 3.91. The minimum Gasteiger partial charge on any atom is -0.504 e. The Morgan fingerprint density at radius 1 is 0.941 bits per heavy atom. The smallest absolute Gasteiger partial charge is 0.271 e. The highest BCUT2D eigenvalue weighted by Crippen LogP contribution is 2.42. The van der Waals surface area contributed by atoms with Crippen LogP contribution in [0.4, 0.5) is 5.69 Å². The zero-order chi connectivity index (χ0) is 23.9. The second-order valence-electron chi connectivity index (χ2n) is 7.79. The summed E-state index contributed by atoms with van der Waals surface area (Å²) in [6.45, 7) is 0.139. The number of sulfonamides is 1. The molecule has 0 bridgehead atoms. The van der Waals surface area contributed by atoms with Crippen LogP contribution in [0.3, 0.4) is 0 Å². The second kappa shape index (κ2) is 8.20. The predicted octanol–water partition coefficient (Wildman–Crippen LogP) is 3.72. The Morgan fingerprint density at radius 3 is 2.41 bits per heavy atom. The van der Waals surface area contributed by atoms with Gasteiger partial charge in [-0.05, 0) is 59.0 Å². The molecule has 1 aliphatic heterocycles. The van der Waals surface area contributed by atoms with Crippen LogP contribution in [0.2, 0.25) is 0 Å². The van der Waals surface area contributed by atoms with Gasteiger partial charge in [0.15, 0.2) is 11.5 Å². The summed E-state index contributed by atoms with van der Waals surface area (Å²) in [5.41, 5.74) is 4.61. The minimum absolute atomic E-state index is 0.139. The van der Waals surface area contributed by atoms with Crippen molar-refractivity contribution in [1.82, 2.24) is 5.43 Å². The summed E-state index contributed by atoms with van der Waals surface area (Å²) in [7, 11) is -3.67. The van der Waals surface area contributed by atoms with E-state index in [4.69, 9.17) is 0 Å². The van der Waals surface area contributed by atoms with Crippen LogP contribution in [-0.2, 0) is 16.6 Å². The molecule has 0 saturated carbocycles. The normalized spacial score (nSPS) is 14.1. The first-order chi connectivity index (χ1) is 16.3. The predicted molar refractivity (Wildman–Crippen MR) is 129 cm³/mol. The van der Waals surface area contributed by atoms with E-state index in [1.807, 2.05) is 18.2 Å². The number of nitrogens with one attached hydrogen (secondary N) is 1. The molecule has 0 aromatic heterocycles. The monoisotopic (exact) mass is 473 g/mol. The maximum absolute atomic E-state index is 13.1. The SMILES string of the molecule is O=C(NN=Cc1ccc(O)c(O)c1)c1ccc(CN2c3cccc4cccc(c34)S2(=O)=O)cc1. The van der Waals surface area contributed by atoms with Crippen molar-refractivity contribution in [2.75, 3.05) is 4.31 Å². The molecule has 9 heteroatoms. The van der Waals surface area contributed by atoms with E-state index in [0.29, 0.717) is 21.7 Å². The molecule has 4 aromatic rings. The van der Waals surface area contributed by atoms with Crippen molar-refractivity contribution in [3.8, 4) is 11.5 Å². The van der Waals surface area contributed by atoms with Crippen LogP contribution in [0.25, 0.3) is 10.8 Å². The zero-order valence-corrected chi connectivity index (χ0v) is 18.5. The van der Waals surface area contributed by atoms with Crippen molar-refractivity contribution in [2.45, 2.75) is 11.4 Å². The maximum Gasteiger partial charge on any atom is 0.271 e. The molecule has 4 aromatic carbocycles. The van der Waals surface area contributed by atoms with Gasteiger partial charge in [-0.2, -0.15) is 5.10 Å². The lowest BCUT2D eigenvalue weighted by Crippen LogP contribution is -2.26. The first-order valence-electron chi connectivity index (χ1n) is 10.3. The van der Waals surface area contributed by atoms with E-state index in [1.165, 1.54) is 28.7 Å². The van der Waals surface area contributed by atoms with Gasteiger partial charge in [0.25, 0.3) is 15.9 Å². The molecule has 0 atom stereocenters. The van der Waals surface area contributed by atoms with E-state index in [9.17, 15) is 23.4 Å². The number of amides is 1. The molecule has 3 N–H and O–H groups in total. The number of hydrogen-bond acceptors (Lipinski definition) is 6. The third-order valence-corrected chi connectivity index (χ3v) is 7.40. The lowest BCUT2D eigenvalue weighted by Gasteiger charge is -2.19. The Morgan fingerprint density at radius 2 is 1.68 bits per heavy atom. The zero-order valence-electron chi connectivity index (χ0n) is 17.7. The molecular weight excluding hydrogens is 454 g/mol. The molecule has 5 rings (SSSR count). The van der Waals surface area contributed by atoms with Crippen LogP contribution in [0, 0.1) is 0 Å². The summed E-state index contributed by atoms with van der Waals surface area (Å²) in [6, 6.07) is 21.5. The number of aromatic hydroxyl groups is 2. The van der Waals surface area contributed by atoms with Crippen molar-refractivity contribution < 1.29 is 23.4 Å². The van der Waals surface area contributed by atoms with Crippen LogP contribution in [0.5, 0.6) is 11.5 Å². The molecule has 1 heterocycles. The highest BCUT2D eigenvalue weighted by atomic mass is 32.2. The molecule has 1 amide bonds. The molecule has 0 fully saturated rings.